The fourth-order valence-corrected chi connectivity index (χ4v) is 3.17. The first-order chi connectivity index (χ1) is 14.1. The van der Waals surface area contributed by atoms with Gasteiger partial charge in [0.25, 0.3) is 11.8 Å². The topological polar surface area (TPSA) is 75.2 Å². The van der Waals surface area contributed by atoms with E-state index in [1.165, 1.54) is 0 Å². The fraction of sp³-hybridized carbons (Fsp3) is 0.130. The third-order valence-electron chi connectivity index (χ3n) is 4.80. The molecule has 1 N–H and O–H groups in total. The van der Waals surface area contributed by atoms with Gasteiger partial charge in [0.2, 0.25) is 0 Å². The Hall–Kier alpha value is -3.80. The Kier molecular flexibility index (Phi) is 5.16. The van der Waals surface area contributed by atoms with E-state index in [2.05, 4.69) is 15.3 Å². The number of hydrogen-bond donors (Lipinski definition) is 1. The van der Waals surface area contributed by atoms with Crippen LogP contribution in [0.2, 0.25) is 0 Å². The summed E-state index contributed by atoms with van der Waals surface area (Å²) in [6.45, 7) is 0.754. The lowest BCUT2D eigenvalue weighted by Crippen LogP contribution is -2.36. The van der Waals surface area contributed by atoms with Gasteiger partial charge in [-0.3, -0.25) is 19.6 Å². The van der Waals surface area contributed by atoms with Crippen molar-refractivity contribution in [2.45, 2.75) is 0 Å². The molecule has 0 aliphatic heterocycles. The van der Waals surface area contributed by atoms with E-state index in [0.29, 0.717) is 24.2 Å². The predicted octanol–water partition coefficient (Wildman–Crippen LogP) is 3.29. The molecule has 2 aromatic carbocycles. The fourth-order valence-electron chi connectivity index (χ4n) is 3.17. The molecule has 6 nitrogen and oxygen atoms in total. The van der Waals surface area contributed by atoms with Crippen molar-refractivity contribution in [3.63, 3.8) is 0 Å². The number of aromatic nitrogens is 2. The largest absolute Gasteiger partial charge is 0.350 e. The predicted molar refractivity (Wildman–Crippen MR) is 113 cm³/mol. The van der Waals surface area contributed by atoms with E-state index >= 15 is 0 Å². The highest BCUT2D eigenvalue weighted by atomic mass is 16.2. The van der Waals surface area contributed by atoms with Crippen LogP contribution in [-0.4, -0.2) is 46.8 Å². The molecule has 2 heterocycles. The number of benzene rings is 2. The number of nitrogens with one attached hydrogen (secondary N) is 1. The Labute approximate surface area is 168 Å². The summed E-state index contributed by atoms with van der Waals surface area (Å²) in [7, 11) is 1.72. The third kappa shape index (κ3) is 4.06. The summed E-state index contributed by atoms with van der Waals surface area (Å²) >= 11 is 0. The van der Waals surface area contributed by atoms with Crippen LogP contribution in [0.25, 0.3) is 21.8 Å². The molecule has 29 heavy (non-hydrogen) atoms. The second kappa shape index (κ2) is 8.06. The zero-order valence-electron chi connectivity index (χ0n) is 16.0. The second-order valence-corrected chi connectivity index (χ2v) is 6.80. The molecule has 0 saturated heterocycles. The molecule has 6 heteroatoms. The van der Waals surface area contributed by atoms with E-state index in [-0.39, 0.29) is 11.8 Å². The van der Waals surface area contributed by atoms with Crippen molar-refractivity contribution in [1.82, 2.24) is 20.2 Å². The normalized spacial score (nSPS) is 10.8. The van der Waals surface area contributed by atoms with Gasteiger partial charge in [-0.15, -0.1) is 0 Å². The first-order valence-corrected chi connectivity index (χ1v) is 9.35. The first-order valence-electron chi connectivity index (χ1n) is 9.35. The molecule has 0 spiro atoms. The highest BCUT2D eigenvalue weighted by Gasteiger charge is 2.13. The van der Waals surface area contributed by atoms with Gasteiger partial charge >= 0.3 is 0 Å². The van der Waals surface area contributed by atoms with E-state index in [4.69, 9.17) is 0 Å². The standard InChI is InChI=1S/C23H20N4O2/c1-27(23(29)19-9-7-17-5-3-11-25-21(17)15-19)13-12-26-22(28)18-8-6-16-4-2-10-24-20(16)14-18/h2-11,14-15H,12-13H2,1H3,(H,26,28). The van der Waals surface area contributed by atoms with Crippen molar-refractivity contribution in [2.75, 3.05) is 20.1 Å². The molecule has 4 rings (SSSR count). The van der Waals surface area contributed by atoms with Gasteiger partial charge in [0.15, 0.2) is 0 Å². The lowest BCUT2D eigenvalue weighted by atomic mass is 10.1. The number of fused-ring (bicyclic) bond motifs is 2. The van der Waals surface area contributed by atoms with Crippen molar-refractivity contribution in [2.24, 2.45) is 0 Å². The molecule has 2 aromatic heterocycles. The number of carbonyl (C=O) groups is 2. The number of hydrogen-bond acceptors (Lipinski definition) is 4. The van der Waals surface area contributed by atoms with Crippen molar-refractivity contribution < 1.29 is 9.59 Å². The molecule has 0 radical (unpaired) electrons. The third-order valence-corrected chi connectivity index (χ3v) is 4.80. The summed E-state index contributed by atoms with van der Waals surface area (Å²) in [5, 5.41) is 4.83. The molecule has 0 unspecified atom stereocenters. The van der Waals surface area contributed by atoms with Gasteiger partial charge < -0.3 is 10.2 Å². The maximum Gasteiger partial charge on any atom is 0.253 e. The van der Waals surface area contributed by atoms with Crippen LogP contribution in [-0.2, 0) is 0 Å². The molecule has 0 aliphatic rings. The maximum absolute atomic E-state index is 12.7. The van der Waals surface area contributed by atoms with Crippen LogP contribution in [0.3, 0.4) is 0 Å². The van der Waals surface area contributed by atoms with E-state index < -0.39 is 0 Å². The summed E-state index contributed by atoms with van der Waals surface area (Å²) in [6, 6.07) is 18.5. The van der Waals surface area contributed by atoms with Gasteiger partial charge in [-0.05, 0) is 36.4 Å². The highest BCUT2D eigenvalue weighted by Crippen LogP contribution is 2.15. The Morgan fingerprint density at radius 2 is 1.45 bits per heavy atom. The molecular weight excluding hydrogens is 364 g/mol. The quantitative estimate of drug-likeness (QED) is 0.573. The minimum absolute atomic E-state index is 0.110. The highest BCUT2D eigenvalue weighted by molar-refractivity contribution is 5.98. The Morgan fingerprint density at radius 3 is 2.10 bits per heavy atom. The maximum atomic E-state index is 12.7. The van der Waals surface area contributed by atoms with Crippen molar-refractivity contribution in [3.8, 4) is 0 Å². The van der Waals surface area contributed by atoms with Crippen LogP contribution in [0.1, 0.15) is 20.7 Å². The lowest BCUT2D eigenvalue weighted by Gasteiger charge is -2.18. The lowest BCUT2D eigenvalue weighted by molar-refractivity contribution is 0.0787. The van der Waals surface area contributed by atoms with Crippen LogP contribution in [0.15, 0.2) is 73.1 Å². The number of likely N-dealkylation sites (N-methyl/N-ethyl adjacent to an activating group) is 1. The van der Waals surface area contributed by atoms with Crippen LogP contribution in [0.5, 0.6) is 0 Å². The van der Waals surface area contributed by atoms with E-state index in [0.717, 1.165) is 21.8 Å². The number of rotatable bonds is 5. The molecule has 0 bridgehead atoms. The van der Waals surface area contributed by atoms with Crippen LogP contribution in [0, 0.1) is 0 Å². The van der Waals surface area contributed by atoms with Gasteiger partial charge in [0.1, 0.15) is 0 Å². The molecule has 0 fully saturated rings. The minimum Gasteiger partial charge on any atom is -0.350 e. The Bertz CT molecular complexity index is 1210. The zero-order chi connectivity index (χ0) is 20.2. The van der Waals surface area contributed by atoms with Crippen LogP contribution in [0.4, 0.5) is 0 Å². The molecule has 0 saturated carbocycles. The number of amides is 2. The first kappa shape index (κ1) is 18.6. The van der Waals surface area contributed by atoms with E-state index in [1.807, 2.05) is 36.4 Å². The monoisotopic (exact) mass is 384 g/mol. The van der Waals surface area contributed by atoms with Gasteiger partial charge in [0.05, 0.1) is 11.0 Å². The molecule has 4 aromatic rings. The zero-order valence-corrected chi connectivity index (χ0v) is 16.0. The number of carbonyl (C=O) groups excluding carboxylic acids is 2. The van der Waals surface area contributed by atoms with E-state index in [1.54, 1.807) is 48.6 Å². The van der Waals surface area contributed by atoms with Gasteiger partial charge in [-0.2, -0.15) is 0 Å². The molecule has 0 aliphatic carbocycles. The summed E-state index contributed by atoms with van der Waals surface area (Å²) in [4.78, 5) is 35.2. The van der Waals surface area contributed by atoms with Crippen LogP contribution >= 0.6 is 0 Å². The Morgan fingerprint density at radius 1 is 0.862 bits per heavy atom. The van der Waals surface area contributed by atoms with Crippen LogP contribution < -0.4 is 5.32 Å². The van der Waals surface area contributed by atoms with Gasteiger partial charge in [-0.25, -0.2) is 0 Å². The second-order valence-electron chi connectivity index (χ2n) is 6.80. The summed E-state index contributed by atoms with van der Waals surface area (Å²) in [5.74, 6) is -0.296. The summed E-state index contributed by atoms with van der Waals surface area (Å²) < 4.78 is 0. The number of nitrogens with zero attached hydrogens (tertiary/aromatic N) is 3. The number of pyridine rings is 2. The smallest absolute Gasteiger partial charge is 0.253 e. The molecule has 144 valence electrons. The van der Waals surface area contributed by atoms with Crippen molar-refractivity contribution in [1.29, 1.82) is 0 Å². The van der Waals surface area contributed by atoms with Gasteiger partial charge in [0, 0.05) is 54.4 Å². The molecule has 0 atom stereocenters. The SMILES string of the molecule is CN(CCNC(=O)c1ccc2cccnc2c1)C(=O)c1ccc2cccnc2c1. The molecular formula is C23H20N4O2. The summed E-state index contributed by atoms with van der Waals surface area (Å²) in [5.41, 5.74) is 2.68. The molecule has 2 amide bonds. The van der Waals surface area contributed by atoms with Gasteiger partial charge in [-0.1, -0.05) is 24.3 Å². The average Bonchev–Trinajstić information content (AvgIpc) is 2.77. The minimum atomic E-state index is -0.187. The Balaban J connectivity index is 1.36. The van der Waals surface area contributed by atoms with E-state index in [9.17, 15) is 9.59 Å². The average molecular weight is 384 g/mol. The van der Waals surface area contributed by atoms with Crippen molar-refractivity contribution in [3.05, 3.63) is 84.2 Å². The van der Waals surface area contributed by atoms with Crippen molar-refractivity contribution >= 4 is 33.6 Å². The summed E-state index contributed by atoms with van der Waals surface area (Å²) in [6.07, 6.45) is 3.41.